The Balaban J connectivity index is 1.88. The van der Waals surface area contributed by atoms with E-state index in [0.717, 1.165) is 32.7 Å². The molecule has 0 spiro atoms. The Morgan fingerprint density at radius 3 is 2.81 bits per heavy atom. The molecular formula is C12H19N3O. The van der Waals surface area contributed by atoms with Gasteiger partial charge in [0.15, 0.2) is 0 Å². The van der Waals surface area contributed by atoms with Gasteiger partial charge in [0, 0.05) is 45.0 Å². The maximum absolute atomic E-state index is 5.32. The Labute approximate surface area is 96.6 Å². The molecule has 1 fully saturated rings. The number of piperazine rings is 1. The molecule has 0 atom stereocenters. The van der Waals surface area contributed by atoms with Crippen LogP contribution in [0.4, 0.5) is 0 Å². The van der Waals surface area contributed by atoms with Crippen molar-refractivity contribution in [1.82, 2.24) is 15.2 Å². The third kappa shape index (κ3) is 3.18. The topological polar surface area (TPSA) is 37.4 Å². The summed E-state index contributed by atoms with van der Waals surface area (Å²) in [6.45, 7) is 8.04. The molecule has 0 amide bonds. The van der Waals surface area contributed by atoms with Gasteiger partial charge in [0.1, 0.15) is 0 Å². The lowest BCUT2D eigenvalue weighted by Gasteiger charge is -2.27. The van der Waals surface area contributed by atoms with Crippen molar-refractivity contribution in [3.8, 4) is 5.88 Å². The Hall–Kier alpha value is -1.13. The minimum absolute atomic E-state index is 0.671. The highest BCUT2D eigenvalue weighted by molar-refractivity contribution is 5.17. The number of rotatable bonds is 4. The lowest BCUT2D eigenvalue weighted by atomic mass is 10.2. The minimum Gasteiger partial charge on any atom is -0.478 e. The molecule has 4 nitrogen and oxygen atoms in total. The van der Waals surface area contributed by atoms with E-state index in [0.29, 0.717) is 12.5 Å². The van der Waals surface area contributed by atoms with Crippen LogP contribution >= 0.6 is 0 Å². The van der Waals surface area contributed by atoms with Crippen molar-refractivity contribution < 1.29 is 4.74 Å². The Bertz CT molecular complexity index is 307. The molecule has 16 heavy (non-hydrogen) atoms. The Morgan fingerprint density at radius 2 is 2.19 bits per heavy atom. The zero-order valence-corrected chi connectivity index (χ0v) is 9.78. The van der Waals surface area contributed by atoms with Crippen molar-refractivity contribution >= 4 is 0 Å². The average molecular weight is 221 g/mol. The zero-order valence-electron chi connectivity index (χ0n) is 9.78. The van der Waals surface area contributed by atoms with Gasteiger partial charge >= 0.3 is 0 Å². The molecule has 1 aromatic heterocycles. The van der Waals surface area contributed by atoms with Crippen LogP contribution in [0.1, 0.15) is 12.5 Å². The van der Waals surface area contributed by atoms with E-state index < -0.39 is 0 Å². The van der Waals surface area contributed by atoms with Crippen molar-refractivity contribution in [3.63, 3.8) is 0 Å². The molecule has 1 aliphatic rings. The summed E-state index contributed by atoms with van der Waals surface area (Å²) in [6.07, 6.45) is 1.91. The quantitative estimate of drug-likeness (QED) is 0.819. The summed E-state index contributed by atoms with van der Waals surface area (Å²) in [5.41, 5.74) is 1.25. The summed E-state index contributed by atoms with van der Waals surface area (Å²) >= 11 is 0. The second kappa shape index (κ2) is 5.82. The third-order valence-electron chi connectivity index (χ3n) is 2.71. The summed E-state index contributed by atoms with van der Waals surface area (Å²) < 4.78 is 5.32. The van der Waals surface area contributed by atoms with Crippen molar-refractivity contribution in [2.75, 3.05) is 32.8 Å². The number of pyridine rings is 1. The fourth-order valence-electron chi connectivity index (χ4n) is 1.87. The predicted molar refractivity (Wildman–Crippen MR) is 63.6 cm³/mol. The van der Waals surface area contributed by atoms with Crippen molar-refractivity contribution in [1.29, 1.82) is 0 Å². The van der Waals surface area contributed by atoms with Crippen LogP contribution in [-0.2, 0) is 6.54 Å². The van der Waals surface area contributed by atoms with Gasteiger partial charge in [-0.1, -0.05) is 6.07 Å². The van der Waals surface area contributed by atoms with E-state index in [1.54, 1.807) is 0 Å². The molecule has 4 heteroatoms. The normalized spacial score (nSPS) is 17.3. The number of aromatic nitrogens is 1. The fraction of sp³-hybridized carbons (Fsp3) is 0.583. The van der Waals surface area contributed by atoms with E-state index in [2.05, 4.69) is 21.3 Å². The molecule has 0 aliphatic carbocycles. The summed E-state index contributed by atoms with van der Waals surface area (Å²) in [7, 11) is 0. The van der Waals surface area contributed by atoms with E-state index in [1.807, 2.05) is 19.2 Å². The number of nitrogens with zero attached hydrogens (tertiary/aromatic N) is 2. The van der Waals surface area contributed by atoms with Gasteiger partial charge in [0.25, 0.3) is 0 Å². The zero-order chi connectivity index (χ0) is 11.2. The number of hydrogen-bond donors (Lipinski definition) is 1. The van der Waals surface area contributed by atoms with E-state index in [-0.39, 0.29) is 0 Å². The van der Waals surface area contributed by atoms with Crippen LogP contribution in [-0.4, -0.2) is 42.7 Å². The molecule has 0 bridgehead atoms. The molecule has 1 saturated heterocycles. The lowest BCUT2D eigenvalue weighted by Crippen LogP contribution is -2.42. The second-order valence-corrected chi connectivity index (χ2v) is 3.96. The first-order valence-corrected chi connectivity index (χ1v) is 5.89. The Kier molecular flexibility index (Phi) is 4.13. The largest absolute Gasteiger partial charge is 0.478 e. The minimum atomic E-state index is 0.671. The van der Waals surface area contributed by atoms with Crippen LogP contribution < -0.4 is 10.1 Å². The molecule has 0 saturated carbocycles. The molecule has 0 aromatic carbocycles. The molecule has 0 radical (unpaired) electrons. The maximum Gasteiger partial charge on any atom is 0.213 e. The van der Waals surface area contributed by atoms with Crippen molar-refractivity contribution in [2.45, 2.75) is 13.5 Å². The van der Waals surface area contributed by atoms with Gasteiger partial charge < -0.3 is 10.1 Å². The highest BCUT2D eigenvalue weighted by Gasteiger charge is 2.09. The third-order valence-corrected chi connectivity index (χ3v) is 2.71. The van der Waals surface area contributed by atoms with Crippen molar-refractivity contribution in [2.24, 2.45) is 0 Å². The summed E-state index contributed by atoms with van der Waals surface area (Å²) in [6, 6.07) is 4.04. The molecule has 1 aliphatic heterocycles. The van der Waals surface area contributed by atoms with Crippen LogP contribution in [0.15, 0.2) is 18.3 Å². The molecular weight excluding hydrogens is 202 g/mol. The molecule has 1 aromatic rings. The fourth-order valence-corrected chi connectivity index (χ4v) is 1.87. The van der Waals surface area contributed by atoms with Gasteiger partial charge in [-0.25, -0.2) is 4.98 Å². The van der Waals surface area contributed by atoms with Gasteiger partial charge in [-0.2, -0.15) is 0 Å². The number of ether oxygens (including phenoxy) is 1. The highest BCUT2D eigenvalue weighted by Crippen LogP contribution is 2.09. The van der Waals surface area contributed by atoms with Gasteiger partial charge in [-0.15, -0.1) is 0 Å². The van der Waals surface area contributed by atoms with Gasteiger partial charge in [0.05, 0.1) is 6.61 Å². The van der Waals surface area contributed by atoms with Gasteiger partial charge in [0.2, 0.25) is 5.88 Å². The van der Waals surface area contributed by atoms with Gasteiger partial charge in [-0.3, -0.25) is 4.90 Å². The maximum atomic E-state index is 5.32. The summed E-state index contributed by atoms with van der Waals surface area (Å²) in [4.78, 5) is 6.71. The number of hydrogen-bond acceptors (Lipinski definition) is 4. The number of nitrogens with one attached hydrogen (secondary N) is 1. The SMILES string of the molecule is CCOc1ccc(CN2CCNCC2)cn1. The first kappa shape index (κ1) is 11.4. The van der Waals surface area contributed by atoms with Crippen LogP contribution in [0.5, 0.6) is 5.88 Å². The van der Waals surface area contributed by atoms with E-state index >= 15 is 0 Å². The molecule has 88 valence electrons. The molecule has 1 N–H and O–H groups in total. The monoisotopic (exact) mass is 221 g/mol. The van der Waals surface area contributed by atoms with Crippen LogP contribution in [0.2, 0.25) is 0 Å². The van der Waals surface area contributed by atoms with E-state index in [1.165, 1.54) is 5.56 Å². The first-order valence-electron chi connectivity index (χ1n) is 5.89. The average Bonchev–Trinajstić information content (AvgIpc) is 2.33. The molecule has 2 heterocycles. The first-order chi connectivity index (χ1) is 7.88. The standard InChI is InChI=1S/C12H19N3O/c1-2-16-12-4-3-11(9-14-12)10-15-7-5-13-6-8-15/h3-4,9,13H,2,5-8,10H2,1H3. The van der Waals surface area contributed by atoms with Gasteiger partial charge in [-0.05, 0) is 12.5 Å². The molecule has 0 unspecified atom stereocenters. The van der Waals surface area contributed by atoms with Crippen molar-refractivity contribution in [3.05, 3.63) is 23.9 Å². The van der Waals surface area contributed by atoms with Crippen LogP contribution in [0.25, 0.3) is 0 Å². The smallest absolute Gasteiger partial charge is 0.213 e. The summed E-state index contributed by atoms with van der Waals surface area (Å²) in [5, 5.41) is 3.35. The van der Waals surface area contributed by atoms with E-state index in [4.69, 9.17) is 4.74 Å². The summed E-state index contributed by atoms with van der Waals surface area (Å²) in [5.74, 6) is 0.714. The molecule has 2 rings (SSSR count). The van der Waals surface area contributed by atoms with E-state index in [9.17, 15) is 0 Å². The highest BCUT2D eigenvalue weighted by atomic mass is 16.5. The lowest BCUT2D eigenvalue weighted by molar-refractivity contribution is 0.232. The Morgan fingerprint density at radius 1 is 1.38 bits per heavy atom. The predicted octanol–water partition coefficient (Wildman–Crippen LogP) is 0.885. The van der Waals surface area contributed by atoms with Crippen LogP contribution in [0, 0.1) is 0 Å². The van der Waals surface area contributed by atoms with Crippen LogP contribution in [0.3, 0.4) is 0 Å². The second-order valence-electron chi connectivity index (χ2n) is 3.96.